The Balaban J connectivity index is 1.95. The molecule has 2 N–H and O–H groups in total. The first kappa shape index (κ1) is 21.2. The van der Waals surface area contributed by atoms with Gasteiger partial charge in [-0.2, -0.15) is 8.78 Å². The third kappa shape index (κ3) is 6.51. The van der Waals surface area contributed by atoms with Crippen molar-refractivity contribution in [1.29, 1.82) is 0 Å². The van der Waals surface area contributed by atoms with Crippen molar-refractivity contribution in [3.8, 4) is 11.5 Å². The number of likely N-dealkylation sites (N-methyl/N-ethyl adjacent to an activating group) is 2. The smallest absolute Gasteiger partial charge is 0.387 e. The molecule has 0 spiro atoms. The number of benzene rings is 1. The van der Waals surface area contributed by atoms with Crippen LogP contribution in [0.25, 0.3) is 0 Å². The maximum Gasteiger partial charge on any atom is 0.387 e. The SMILES string of the molecule is CN=C(NCc1cc(OC)ccc1OC(F)F)NCC1CN(C)CCN1C. The second-order valence-electron chi connectivity index (χ2n) is 6.56. The summed E-state index contributed by atoms with van der Waals surface area (Å²) in [6.07, 6.45) is 0. The molecular formula is C18H29F2N5O2. The lowest BCUT2D eigenvalue weighted by Gasteiger charge is -2.37. The second kappa shape index (κ2) is 10.3. The summed E-state index contributed by atoms with van der Waals surface area (Å²) < 4.78 is 35.0. The lowest BCUT2D eigenvalue weighted by atomic mass is 10.2. The van der Waals surface area contributed by atoms with Crippen molar-refractivity contribution in [2.45, 2.75) is 19.2 Å². The van der Waals surface area contributed by atoms with Crippen LogP contribution in [-0.2, 0) is 6.54 Å². The van der Waals surface area contributed by atoms with Crippen LogP contribution in [0.3, 0.4) is 0 Å². The van der Waals surface area contributed by atoms with Crippen LogP contribution in [-0.4, -0.2) is 82.8 Å². The third-order valence-corrected chi connectivity index (χ3v) is 4.64. The average Bonchev–Trinajstić information content (AvgIpc) is 2.65. The molecule has 1 atom stereocenters. The number of hydrogen-bond acceptors (Lipinski definition) is 5. The van der Waals surface area contributed by atoms with Gasteiger partial charge in [0, 0.05) is 51.4 Å². The maximum absolute atomic E-state index is 12.6. The van der Waals surface area contributed by atoms with E-state index in [-0.39, 0.29) is 12.3 Å². The molecule has 152 valence electrons. The molecule has 2 rings (SSSR count). The van der Waals surface area contributed by atoms with Crippen LogP contribution in [0.4, 0.5) is 8.78 Å². The summed E-state index contributed by atoms with van der Waals surface area (Å²) in [7, 11) is 7.42. The van der Waals surface area contributed by atoms with E-state index in [0.29, 0.717) is 23.3 Å². The van der Waals surface area contributed by atoms with Gasteiger partial charge < -0.3 is 25.0 Å². The van der Waals surface area contributed by atoms with Crippen molar-refractivity contribution < 1.29 is 18.3 Å². The number of guanidine groups is 1. The topological polar surface area (TPSA) is 61.4 Å². The molecule has 1 aliphatic rings. The van der Waals surface area contributed by atoms with Gasteiger partial charge in [-0.15, -0.1) is 0 Å². The molecule has 0 aliphatic carbocycles. The number of nitrogens with one attached hydrogen (secondary N) is 2. The molecule has 9 heteroatoms. The Bertz CT molecular complexity index is 630. The Morgan fingerprint density at radius 2 is 2.07 bits per heavy atom. The summed E-state index contributed by atoms with van der Waals surface area (Å²) in [5.41, 5.74) is 0.562. The van der Waals surface area contributed by atoms with E-state index in [4.69, 9.17) is 4.74 Å². The lowest BCUT2D eigenvalue weighted by molar-refractivity contribution is -0.0504. The summed E-state index contributed by atoms with van der Waals surface area (Å²) in [6.45, 7) is 1.19. The van der Waals surface area contributed by atoms with Crippen molar-refractivity contribution in [1.82, 2.24) is 20.4 Å². The highest BCUT2D eigenvalue weighted by atomic mass is 19.3. The number of alkyl halides is 2. The minimum absolute atomic E-state index is 0.113. The monoisotopic (exact) mass is 385 g/mol. The number of halogens is 2. The highest BCUT2D eigenvalue weighted by Crippen LogP contribution is 2.25. The predicted octanol–water partition coefficient (Wildman–Crippen LogP) is 1.21. The van der Waals surface area contributed by atoms with Crippen molar-refractivity contribution in [2.75, 3.05) is 54.4 Å². The van der Waals surface area contributed by atoms with Gasteiger partial charge in [0.1, 0.15) is 11.5 Å². The van der Waals surface area contributed by atoms with Gasteiger partial charge in [0.15, 0.2) is 5.96 Å². The van der Waals surface area contributed by atoms with Crippen LogP contribution in [0.1, 0.15) is 5.56 Å². The van der Waals surface area contributed by atoms with E-state index in [1.165, 1.54) is 13.2 Å². The zero-order chi connectivity index (χ0) is 19.8. The minimum atomic E-state index is -2.88. The number of methoxy groups -OCH3 is 1. The summed E-state index contributed by atoms with van der Waals surface area (Å²) in [6, 6.07) is 5.10. The van der Waals surface area contributed by atoms with Gasteiger partial charge in [0.2, 0.25) is 0 Å². The fraction of sp³-hybridized carbons (Fsp3) is 0.611. The van der Waals surface area contributed by atoms with Crippen molar-refractivity contribution in [3.63, 3.8) is 0 Å². The first-order valence-electron chi connectivity index (χ1n) is 8.88. The minimum Gasteiger partial charge on any atom is -0.497 e. The first-order chi connectivity index (χ1) is 12.9. The number of rotatable bonds is 7. The van der Waals surface area contributed by atoms with E-state index in [0.717, 1.165) is 26.2 Å². The number of ether oxygens (including phenoxy) is 2. The number of hydrogen-bond donors (Lipinski definition) is 2. The quantitative estimate of drug-likeness (QED) is 0.544. The van der Waals surface area contributed by atoms with Crippen molar-refractivity contribution >= 4 is 5.96 Å². The highest BCUT2D eigenvalue weighted by molar-refractivity contribution is 5.79. The van der Waals surface area contributed by atoms with Crippen LogP contribution >= 0.6 is 0 Å². The molecule has 1 heterocycles. The van der Waals surface area contributed by atoms with Crippen LogP contribution in [0.15, 0.2) is 23.2 Å². The van der Waals surface area contributed by atoms with Crippen molar-refractivity contribution in [2.24, 2.45) is 4.99 Å². The van der Waals surface area contributed by atoms with Gasteiger partial charge >= 0.3 is 6.61 Å². The molecule has 0 aromatic heterocycles. The lowest BCUT2D eigenvalue weighted by Crippen LogP contribution is -2.55. The van der Waals surface area contributed by atoms with Gasteiger partial charge in [0.25, 0.3) is 0 Å². The van der Waals surface area contributed by atoms with E-state index in [9.17, 15) is 8.78 Å². The molecule has 7 nitrogen and oxygen atoms in total. The van der Waals surface area contributed by atoms with Crippen LogP contribution < -0.4 is 20.1 Å². The van der Waals surface area contributed by atoms with Gasteiger partial charge in [0.05, 0.1) is 7.11 Å². The fourth-order valence-corrected chi connectivity index (χ4v) is 2.97. The molecule has 0 bridgehead atoms. The van der Waals surface area contributed by atoms with Gasteiger partial charge in [-0.05, 0) is 32.3 Å². The van der Waals surface area contributed by atoms with E-state index in [1.54, 1.807) is 19.2 Å². The molecule has 1 saturated heterocycles. The maximum atomic E-state index is 12.6. The Morgan fingerprint density at radius 1 is 1.30 bits per heavy atom. The first-order valence-corrected chi connectivity index (χ1v) is 8.88. The second-order valence-corrected chi connectivity index (χ2v) is 6.56. The molecule has 27 heavy (non-hydrogen) atoms. The van der Waals surface area contributed by atoms with E-state index in [2.05, 4.69) is 44.3 Å². The van der Waals surface area contributed by atoms with Gasteiger partial charge in [-0.25, -0.2) is 0 Å². The predicted molar refractivity (Wildman–Crippen MR) is 102 cm³/mol. The Hall–Kier alpha value is -2.13. The molecule has 1 aromatic carbocycles. The molecule has 1 fully saturated rings. The van der Waals surface area contributed by atoms with Crippen LogP contribution in [0.2, 0.25) is 0 Å². The zero-order valence-corrected chi connectivity index (χ0v) is 16.3. The Morgan fingerprint density at radius 3 is 2.74 bits per heavy atom. The normalized spacial score (nSPS) is 19.2. The standard InChI is InChI=1S/C18H29F2N5O2/c1-21-18(23-11-14-12-24(2)7-8-25(14)3)22-10-13-9-15(26-4)5-6-16(13)27-17(19)20/h5-6,9,14,17H,7-8,10-12H2,1-4H3,(H2,21,22,23). The fourth-order valence-electron chi connectivity index (χ4n) is 2.97. The zero-order valence-electron chi connectivity index (χ0n) is 16.3. The molecule has 1 aliphatic heterocycles. The Labute approximate surface area is 159 Å². The van der Waals surface area contributed by atoms with Crippen LogP contribution in [0.5, 0.6) is 11.5 Å². The summed E-state index contributed by atoms with van der Waals surface area (Å²) in [5.74, 6) is 1.29. The summed E-state index contributed by atoms with van der Waals surface area (Å²) in [4.78, 5) is 8.82. The van der Waals surface area contributed by atoms with E-state index in [1.807, 2.05) is 0 Å². The number of piperazine rings is 1. The molecule has 0 radical (unpaired) electrons. The largest absolute Gasteiger partial charge is 0.497 e. The molecule has 0 saturated carbocycles. The third-order valence-electron chi connectivity index (χ3n) is 4.64. The average molecular weight is 385 g/mol. The highest BCUT2D eigenvalue weighted by Gasteiger charge is 2.22. The van der Waals surface area contributed by atoms with Crippen LogP contribution in [0, 0.1) is 0 Å². The molecular weight excluding hydrogens is 356 g/mol. The number of aliphatic imine (C=N–C) groups is 1. The van der Waals surface area contributed by atoms with Gasteiger partial charge in [-0.3, -0.25) is 9.89 Å². The summed E-state index contributed by atoms with van der Waals surface area (Å²) >= 11 is 0. The molecule has 1 aromatic rings. The van der Waals surface area contributed by atoms with E-state index < -0.39 is 6.61 Å². The Kier molecular flexibility index (Phi) is 8.05. The van der Waals surface area contributed by atoms with Crippen molar-refractivity contribution in [3.05, 3.63) is 23.8 Å². The molecule has 0 amide bonds. The van der Waals surface area contributed by atoms with Gasteiger partial charge in [-0.1, -0.05) is 0 Å². The number of nitrogens with zero attached hydrogens (tertiary/aromatic N) is 3. The molecule has 1 unspecified atom stereocenters. The summed E-state index contributed by atoms with van der Waals surface area (Å²) in [5, 5.41) is 6.44. The van der Waals surface area contributed by atoms with E-state index >= 15 is 0 Å².